The zero-order chi connectivity index (χ0) is 62.6. The van der Waals surface area contributed by atoms with Gasteiger partial charge in [0.1, 0.15) is 13.2 Å². The second kappa shape index (κ2) is 29.6. The summed E-state index contributed by atoms with van der Waals surface area (Å²) < 4.78 is 41.7. The number of benzene rings is 5. The van der Waals surface area contributed by atoms with Crippen molar-refractivity contribution in [1.82, 2.24) is 9.96 Å². The maximum absolute atomic E-state index is 14.3. The number of hydrogen-bond donors (Lipinski definition) is 0. The Balaban J connectivity index is 0.862. The van der Waals surface area contributed by atoms with Crippen LogP contribution < -0.4 is 33.6 Å². The lowest BCUT2D eigenvalue weighted by Crippen LogP contribution is -2.38. The number of aliphatic imine (C=N–C) groups is 2. The predicted molar refractivity (Wildman–Crippen MR) is 342 cm³/mol. The van der Waals surface area contributed by atoms with E-state index in [0.717, 1.165) is 39.3 Å². The highest BCUT2D eigenvalue weighted by Gasteiger charge is 2.39. The number of hydrogen-bond acceptors (Lipinski definition) is 19. The molecule has 0 aromatic heterocycles. The molecule has 0 saturated carbocycles. The molecule has 5 heterocycles. The van der Waals surface area contributed by atoms with Gasteiger partial charge in [0, 0.05) is 124 Å². The predicted octanol–water partition coefficient (Wildman–Crippen LogP) is 9.71. The molecule has 10 rings (SSSR count). The van der Waals surface area contributed by atoms with E-state index in [9.17, 15) is 28.8 Å². The van der Waals surface area contributed by atoms with Crippen LogP contribution in [0.4, 0.5) is 28.4 Å². The number of carbonyl (C=O) groups excluding carboxylic acids is 6. The Morgan fingerprint density at radius 2 is 1.18 bits per heavy atom. The summed E-state index contributed by atoms with van der Waals surface area (Å²) in [6, 6.07) is 28.3. The molecular formula is C66H75N7O14S2. The third-order valence-electron chi connectivity index (χ3n) is 15.7. The molecule has 1 fully saturated rings. The molecule has 5 aliphatic heterocycles. The van der Waals surface area contributed by atoms with Crippen LogP contribution in [0.1, 0.15) is 95.3 Å². The molecule has 21 nitrogen and oxygen atoms in total. The SMILES string of the molecule is COCCOCCOCCN(CCCC(=O)N(C)CC(C)(C)SSCCCC(=O)ON1C(=O)CCC1=O)c1cc(COc2cc3c(cc2OC)C(=O)N2c4ccccc4C[C@H]2C=N3)cc(COc2cc3c(cc2OC)C(=O)N2c4ccccc4C[C@H]2C=N3)c1. The summed E-state index contributed by atoms with van der Waals surface area (Å²) in [6.45, 7) is 7.71. The molecule has 0 N–H and O–H groups in total. The van der Waals surface area contributed by atoms with Gasteiger partial charge in [0.25, 0.3) is 23.6 Å². The van der Waals surface area contributed by atoms with Crippen LogP contribution in [0.3, 0.4) is 0 Å². The number of nitrogens with zero attached hydrogens (tertiary/aromatic N) is 7. The van der Waals surface area contributed by atoms with Crippen molar-refractivity contribution in [3.05, 3.63) is 124 Å². The molecule has 0 bridgehead atoms. The van der Waals surface area contributed by atoms with Crippen LogP contribution in [0.15, 0.2) is 101 Å². The molecule has 2 atom stereocenters. The van der Waals surface area contributed by atoms with E-state index in [1.165, 1.54) is 14.2 Å². The first kappa shape index (κ1) is 64.0. The topological polar surface area (TPSA) is 217 Å². The van der Waals surface area contributed by atoms with Crippen LogP contribution >= 0.6 is 21.6 Å². The molecule has 5 amide bonds. The van der Waals surface area contributed by atoms with Crippen molar-refractivity contribution in [1.29, 1.82) is 0 Å². The molecule has 5 aromatic rings. The second-order valence-corrected chi connectivity index (χ2v) is 25.8. The summed E-state index contributed by atoms with van der Waals surface area (Å²) in [4.78, 5) is 101. The van der Waals surface area contributed by atoms with Crippen LogP contribution in [-0.4, -0.2) is 162 Å². The quantitative estimate of drug-likeness (QED) is 0.0229. The van der Waals surface area contributed by atoms with Crippen molar-refractivity contribution in [3.8, 4) is 23.0 Å². The summed E-state index contributed by atoms with van der Waals surface area (Å²) in [5.74, 6) is 0.126. The molecule has 470 valence electrons. The fourth-order valence-corrected chi connectivity index (χ4v) is 14.0. The summed E-state index contributed by atoms with van der Waals surface area (Å²) in [5, 5.41) is 0.567. The van der Waals surface area contributed by atoms with E-state index < -0.39 is 17.8 Å². The normalized spacial score (nSPS) is 16.3. The Morgan fingerprint density at radius 3 is 1.73 bits per heavy atom. The van der Waals surface area contributed by atoms with E-state index in [1.807, 2.05) is 79.2 Å². The highest BCUT2D eigenvalue weighted by Crippen LogP contribution is 2.44. The minimum atomic E-state index is -0.628. The standard InChI is InChI=1S/C66H75N7O14S2/c1-66(2,89-88-28-12-18-63(77)87-73-61(75)19-20-62(73)76)42-69(3)60(74)17-11-21-70(22-23-83-26-27-84-25-24-80-4)47-30-43(40-85-58-36-52-50(34-56(58)81-5)64(78)71-48(38-67-52)32-45-13-7-9-15-54(45)71)29-44(31-47)41-86-59-37-53-51(35-57(59)82-6)65(79)72-49(39-68-53)33-46-14-8-10-16-55(46)72/h7-10,13-16,29-31,34-39,48-49H,11-12,17-28,32-33,40-42H2,1-6H3/t48-,49-/m0/s1. The van der Waals surface area contributed by atoms with Gasteiger partial charge in [-0.25, -0.2) is 4.79 Å². The van der Waals surface area contributed by atoms with Crippen molar-refractivity contribution in [2.45, 2.75) is 95.3 Å². The molecule has 0 radical (unpaired) electrons. The lowest BCUT2D eigenvalue weighted by molar-refractivity contribution is -0.197. The first-order chi connectivity index (χ1) is 43.1. The number of carbonyl (C=O) groups is 6. The average molecular weight is 1250 g/mol. The van der Waals surface area contributed by atoms with Gasteiger partial charge in [0.05, 0.1) is 81.8 Å². The van der Waals surface area contributed by atoms with E-state index in [4.69, 9.17) is 48.0 Å². The van der Waals surface area contributed by atoms with Crippen LogP contribution in [0.25, 0.3) is 0 Å². The number of fused-ring (bicyclic) bond motifs is 8. The van der Waals surface area contributed by atoms with E-state index >= 15 is 0 Å². The molecule has 0 aliphatic carbocycles. The zero-order valence-electron chi connectivity index (χ0n) is 51.1. The number of rotatable bonds is 31. The minimum Gasteiger partial charge on any atom is -0.493 e. The van der Waals surface area contributed by atoms with Gasteiger partial charge in [-0.2, -0.15) is 0 Å². The average Bonchev–Trinajstić information content (AvgIpc) is 1.69. The molecule has 0 unspecified atom stereocenters. The number of imide groups is 1. The maximum Gasteiger partial charge on any atom is 0.333 e. The van der Waals surface area contributed by atoms with Gasteiger partial charge in [-0.05, 0) is 91.4 Å². The second-order valence-electron chi connectivity index (χ2n) is 22.7. The number of methoxy groups -OCH3 is 3. The van der Waals surface area contributed by atoms with Gasteiger partial charge in [0.15, 0.2) is 23.0 Å². The lowest BCUT2D eigenvalue weighted by atomic mass is 10.1. The first-order valence-corrected chi connectivity index (χ1v) is 32.2. The summed E-state index contributed by atoms with van der Waals surface area (Å²) >= 11 is 0. The van der Waals surface area contributed by atoms with Gasteiger partial charge >= 0.3 is 5.97 Å². The number of ether oxygens (including phenoxy) is 7. The zero-order valence-corrected chi connectivity index (χ0v) is 52.7. The monoisotopic (exact) mass is 1250 g/mol. The highest BCUT2D eigenvalue weighted by atomic mass is 33.1. The van der Waals surface area contributed by atoms with Crippen molar-refractivity contribution in [2.75, 3.05) is 101 Å². The van der Waals surface area contributed by atoms with Crippen molar-refractivity contribution < 1.29 is 66.8 Å². The van der Waals surface area contributed by atoms with E-state index in [0.29, 0.717) is 135 Å². The molecule has 0 spiro atoms. The van der Waals surface area contributed by atoms with Crippen LogP contribution in [0, 0.1) is 0 Å². The Bertz CT molecular complexity index is 3330. The Morgan fingerprint density at radius 1 is 0.640 bits per heavy atom. The van der Waals surface area contributed by atoms with Crippen LogP contribution in [0.2, 0.25) is 0 Å². The Labute approximate surface area is 526 Å². The largest absolute Gasteiger partial charge is 0.493 e. The molecule has 5 aliphatic rings. The molecule has 5 aromatic carbocycles. The maximum atomic E-state index is 14.3. The van der Waals surface area contributed by atoms with Crippen LogP contribution in [0.5, 0.6) is 23.0 Å². The van der Waals surface area contributed by atoms with Crippen LogP contribution in [-0.2, 0) is 64.3 Å². The van der Waals surface area contributed by atoms with E-state index in [-0.39, 0.29) is 73.4 Å². The fourth-order valence-electron chi connectivity index (χ4n) is 11.4. The number of amides is 5. The van der Waals surface area contributed by atoms with Crippen molar-refractivity contribution >= 4 is 98.0 Å². The lowest BCUT2D eigenvalue weighted by Gasteiger charge is -2.30. The molecular weight excluding hydrogens is 1180 g/mol. The summed E-state index contributed by atoms with van der Waals surface area (Å²) in [5.41, 5.74) is 8.00. The third kappa shape index (κ3) is 15.6. The Hall–Kier alpha value is -7.96. The highest BCUT2D eigenvalue weighted by molar-refractivity contribution is 8.77. The molecule has 1 saturated heterocycles. The smallest absolute Gasteiger partial charge is 0.333 e. The number of anilines is 3. The first-order valence-electron chi connectivity index (χ1n) is 29.9. The van der Waals surface area contributed by atoms with Gasteiger partial charge in [0.2, 0.25) is 5.91 Å². The minimum absolute atomic E-state index is 0.0185. The fraction of sp³-hybridized carbons (Fsp3) is 0.424. The van der Waals surface area contributed by atoms with Crippen molar-refractivity contribution in [3.63, 3.8) is 0 Å². The number of hydroxylamine groups is 2. The molecule has 89 heavy (non-hydrogen) atoms. The van der Waals surface area contributed by atoms with Gasteiger partial charge in [-0.15, -0.1) is 5.06 Å². The van der Waals surface area contributed by atoms with Gasteiger partial charge < -0.3 is 47.8 Å². The summed E-state index contributed by atoms with van der Waals surface area (Å²) in [7, 11) is 9.71. The van der Waals surface area contributed by atoms with E-state index in [1.54, 1.807) is 74.7 Å². The Kier molecular flexibility index (Phi) is 21.3. The number of para-hydroxylation sites is 2. The summed E-state index contributed by atoms with van der Waals surface area (Å²) in [6.07, 6.45) is 6.36. The van der Waals surface area contributed by atoms with Crippen molar-refractivity contribution in [2.24, 2.45) is 9.98 Å². The molecule has 23 heteroatoms. The van der Waals surface area contributed by atoms with E-state index in [2.05, 4.69) is 18.7 Å². The van der Waals surface area contributed by atoms with Gasteiger partial charge in [-0.3, -0.25) is 43.8 Å². The third-order valence-corrected chi connectivity index (χ3v) is 19.1. The van der Waals surface area contributed by atoms with Gasteiger partial charge in [-0.1, -0.05) is 58.0 Å².